The van der Waals surface area contributed by atoms with Crippen LogP contribution in [0.3, 0.4) is 0 Å². The van der Waals surface area contributed by atoms with Crippen molar-refractivity contribution >= 4 is 27.5 Å². The van der Waals surface area contributed by atoms with E-state index in [2.05, 4.69) is 0 Å². The van der Waals surface area contributed by atoms with Gasteiger partial charge < -0.3 is 0 Å². The molecule has 0 aliphatic heterocycles. The molecule has 0 spiro atoms. The van der Waals surface area contributed by atoms with E-state index in [9.17, 15) is 13.2 Å². The fourth-order valence-corrected chi connectivity index (χ4v) is 2.37. The lowest BCUT2D eigenvalue weighted by Crippen LogP contribution is -2.33. The van der Waals surface area contributed by atoms with E-state index >= 15 is 0 Å². The number of alkyl halides is 1. The van der Waals surface area contributed by atoms with Crippen LogP contribution >= 0.6 is 11.6 Å². The van der Waals surface area contributed by atoms with Crippen LogP contribution in [0.25, 0.3) is 0 Å². The van der Waals surface area contributed by atoms with Gasteiger partial charge in [-0.05, 0) is 12.1 Å². The first kappa shape index (κ1) is 12.0. The fourth-order valence-electron chi connectivity index (χ4n) is 0.969. The van der Waals surface area contributed by atoms with Crippen LogP contribution in [-0.4, -0.2) is 31.6 Å². The van der Waals surface area contributed by atoms with Crippen molar-refractivity contribution in [3.05, 3.63) is 30.3 Å². The van der Waals surface area contributed by atoms with Gasteiger partial charge in [0, 0.05) is 7.05 Å². The zero-order valence-electron chi connectivity index (χ0n) is 8.05. The summed E-state index contributed by atoms with van der Waals surface area (Å²) in [6.45, 7) is 0. The topological polar surface area (TPSA) is 54.5 Å². The van der Waals surface area contributed by atoms with Crippen molar-refractivity contribution in [3.63, 3.8) is 0 Å². The Kier molecular flexibility index (Phi) is 3.71. The normalized spacial score (nSPS) is 11.1. The van der Waals surface area contributed by atoms with Crippen LogP contribution in [0.2, 0.25) is 0 Å². The number of carbonyl (C=O) groups is 1. The largest absolute Gasteiger partial charge is 0.272 e. The van der Waals surface area contributed by atoms with Crippen molar-refractivity contribution in [2.24, 2.45) is 0 Å². The second-order valence-electron chi connectivity index (χ2n) is 2.81. The third kappa shape index (κ3) is 2.49. The molecule has 0 fully saturated rings. The maximum atomic E-state index is 11.8. The van der Waals surface area contributed by atoms with Gasteiger partial charge in [0.2, 0.25) is 0 Å². The monoisotopic (exact) mass is 247 g/mol. The zero-order chi connectivity index (χ0) is 11.5. The van der Waals surface area contributed by atoms with Crippen LogP contribution < -0.4 is 0 Å². The molecule has 0 aliphatic rings. The Morgan fingerprint density at radius 3 is 2.33 bits per heavy atom. The summed E-state index contributed by atoms with van der Waals surface area (Å²) in [5.74, 6) is -1.01. The van der Waals surface area contributed by atoms with Crippen LogP contribution in [0.1, 0.15) is 0 Å². The summed E-state index contributed by atoms with van der Waals surface area (Å²) in [5.41, 5.74) is 0. The smallest absolute Gasteiger partial charge is 0.266 e. The van der Waals surface area contributed by atoms with Crippen LogP contribution in [0.15, 0.2) is 35.2 Å². The highest BCUT2D eigenvalue weighted by atomic mass is 35.5. The average Bonchev–Trinajstić information content (AvgIpc) is 2.28. The number of rotatable bonds is 3. The number of hydrogen-bond acceptors (Lipinski definition) is 3. The second kappa shape index (κ2) is 4.63. The Balaban J connectivity index is 3.09. The third-order valence-electron chi connectivity index (χ3n) is 1.87. The van der Waals surface area contributed by atoms with Gasteiger partial charge in [0.25, 0.3) is 15.9 Å². The predicted octanol–water partition coefficient (Wildman–Crippen LogP) is 1.07. The summed E-state index contributed by atoms with van der Waals surface area (Å²) in [6, 6.07) is 7.72. The lowest BCUT2D eigenvalue weighted by Gasteiger charge is -2.15. The highest BCUT2D eigenvalue weighted by molar-refractivity contribution is 7.89. The number of amides is 1. The van der Waals surface area contributed by atoms with Crippen molar-refractivity contribution < 1.29 is 13.2 Å². The summed E-state index contributed by atoms with van der Waals surface area (Å²) in [7, 11) is -2.56. The number of halogens is 1. The lowest BCUT2D eigenvalue weighted by molar-refractivity contribution is -0.123. The number of carbonyl (C=O) groups excluding carboxylic acids is 1. The van der Waals surface area contributed by atoms with Crippen LogP contribution in [0.4, 0.5) is 0 Å². The molecule has 82 valence electrons. The average molecular weight is 248 g/mol. The quantitative estimate of drug-likeness (QED) is 0.751. The van der Waals surface area contributed by atoms with Crippen molar-refractivity contribution in [3.8, 4) is 0 Å². The number of benzene rings is 1. The van der Waals surface area contributed by atoms with Crippen molar-refractivity contribution in [1.82, 2.24) is 4.31 Å². The Bertz CT molecular complexity index is 444. The molecule has 1 aromatic carbocycles. The maximum Gasteiger partial charge on any atom is 0.266 e. The van der Waals surface area contributed by atoms with Crippen molar-refractivity contribution in [2.45, 2.75) is 4.90 Å². The molecule has 0 saturated carbocycles. The first-order chi connectivity index (χ1) is 7.00. The van der Waals surface area contributed by atoms with E-state index in [0.29, 0.717) is 4.31 Å². The van der Waals surface area contributed by atoms with E-state index in [1.807, 2.05) is 0 Å². The molecule has 0 heterocycles. The molecule has 1 aromatic rings. The lowest BCUT2D eigenvalue weighted by atomic mass is 10.4. The summed E-state index contributed by atoms with van der Waals surface area (Å²) in [5, 5.41) is 0. The molecule has 0 bridgehead atoms. The predicted molar refractivity (Wildman–Crippen MR) is 57.1 cm³/mol. The van der Waals surface area contributed by atoms with Gasteiger partial charge in [0.05, 0.1) is 4.90 Å². The molecule has 0 radical (unpaired) electrons. The van der Waals surface area contributed by atoms with Gasteiger partial charge in [-0.2, -0.15) is 0 Å². The van der Waals surface area contributed by atoms with Crippen molar-refractivity contribution in [2.75, 3.05) is 12.9 Å². The Hall–Kier alpha value is -1.07. The SMILES string of the molecule is CN(C(=O)CCl)S(=O)(=O)c1ccccc1. The van der Waals surface area contributed by atoms with Gasteiger partial charge in [-0.1, -0.05) is 18.2 Å². The van der Waals surface area contributed by atoms with Gasteiger partial charge in [-0.15, -0.1) is 11.6 Å². The molecule has 1 amide bonds. The molecule has 1 rings (SSSR count). The molecule has 0 N–H and O–H groups in total. The van der Waals surface area contributed by atoms with Crippen molar-refractivity contribution in [1.29, 1.82) is 0 Å². The molecular weight excluding hydrogens is 238 g/mol. The van der Waals surface area contributed by atoms with E-state index in [1.54, 1.807) is 18.2 Å². The van der Waals surface area contributed by atoms with E-state index < -0.39 is 15.9 Å². The first-order valence-corrected chi connectivity index (χ1v) is 6.10. The van der Waals surface area contributed by atoms with Gasteiger partial charge in [-0.25, -0.2) is 12.7 Å². The van der Waals surface area contributed by atoms with Crippen LogP contribution in [0, 0.1) is 0 Å². The van der Waals surface area contributed by atoms with E-state index in [-0.39, 0.29) is 10.8 Å². The summed E-state index contributed by atoms with van der Waals surface area (Å²) in [4.78, 5) is 11.2. The molecule has 0 unspecified atom stereocenters. The standard InChI is InChI=1S/C9H10ClNO3S/c1-11(9(12)7-10)15(13,14)8-5-3-2-4-6-8/h2-6H,7H2,1H3. The van der Waals surface area contributed by atoms with Gasteiger partial charge in [0.15, 0.2) is 0 Å². The number of nitrogens with zero attached hydrogens (tertiary/aromatic N) is 1. The first-order valence-electron chi connectivity index (χ1n) is 4.13. The van der Waals surface area contributed by atoms with Gasteiger partial charge in [0.1, 0.15) is 5.88 Å². The van der Waals surface area contributed by atoms with E-state index in [4.69, 9.17) is 11.6 Å². The maximum absolute atomic E-state index is 11.8. The minimum atomic E-state index is -3.75. The molecule has 6 heteroatoms. The molecule has 0 aromatic heterocycles. The van der Waals surface area contributed by atoms with Gasteiger partial charge >= 0.3 is 0 Å². The van der Waals surface area contributed by atoms with E-state index in [0.717, 1.165) is 0 Å². The number of sulfonamides is 1. The molecular formula is C9H10ClNO3S. The minimum Gasteiger partial charge on any atom is -0.272 e. The Morgan fingerprint density at radius 2 is 1.87 bits per heavy atom. The summed E-state index contributed by atoms with van der Waals surface area (Å²) >= 11 is 5.28. The fraction of sp³-hybridized carbons (Fsp3) is 0.222. The second-order valence-corrected chi connectivity index (χ2v) is 5.05. The van der Waals surface area contributed by atoms with Crippen LogP contribution in [0.5, 0.6) is 0 Å². The zero-order valence-corrected chi connectivity index (χ0v) is 9.62. The summed E-state index contributed by atoms with van der Waals surface area (Å²) < 4.78 is 24.2. The molecule has 0 atom stereocenters. The van der Waals surface area contributed by atoms with E-state index in [1.165, 1.54) is 19.2 Å². The highest BCUT2D eigenvalue weighted by Crippen LogP contribution is 2.13. The molecule has 0 saturated heterocycles. The molecule has 4 nitrogen and oxygen atoms in total. The van der Waals surface area contributed by atoms with Crippen LogP contribution in [-0.2, 0) is 14.8 Å². The number of hydrogen-bond donors (Lipinski definition) is 0. The Morgan fingerprint density at radius 1 is 1.33 bits per heavy atom. The minimum absolute atomic E-state index is 0.0750. The highest BCUT2D eigenvalue weighted by Gasteiger charge is 2.24. The molecule has 15 heavy (non-hydrogen) atoms. The summed E-state index contributed by atoms with van der Waals surface area (Å²) in [6.07, 6.45) is 0. The van der Waals surface area contributed by atoms with Gasteiger partial charge in [-0.3, -0.25) is 4.79 Å². The molecule has 0 aliphatic carbocycles. The Labute approximate surface area is 93.5 Å². The third-order valence-corrected chi connectivity index (χ3v) is 3.89.